The number of hydrogen-bond donors (Lipinski definition) is 0. The van der Waals surface area contributed by atoms with Crippen LogP contribution in [0.1, 0.15) is 35.7 Å². The Morgan fingerprint density at radius 1 is 1.03 bits per heavy atom. The molecule has 0 fully saturated rings. The fourth-order valence-electron chi connectivity index (χ4n) is 3.67. The molecule has 2 aromatic heterocycles. The summed E-state index contributed by atoms with van der Waals surface area (Å²) in [5, 5.41) is 4.09. The molecule has 8 heteroatoms. The van der Waals surface area contributed by atoms with Crippen molar-refractivity contribution in [2.75, 3.05) is 7.11 Å². The number of ether oxygens (including phenoxy) is 1. The monoisotopic (exact) mass is 444 g/mol. The molecule has 168 valence electrons. The molecule has 0 radical (unpaired) electrons. The van der Waals surface area contributed by atoms with Crippen LogP contribution in [0.25, 0.3) is 27.8 Å². The number of Topliss-reactive ketones (excluding diaryl/α,β-unsaturated/α-hetero) is 1. The van der Waals surface area contributed by atoms with Crippen molar-refractivity contribution in [3.8, 4) is 22.7 Å². The van der Waals surface area contributed by atoms with Crippen LogP contribution in [0.3, 0.4) is 0 Å². The van der Waals surface area contributed by atoms with Crippen molar-refractivity contribution in [2.45, 2.75) is 33.9 Å². The van der Waals surface area contributed by atoms with Gasteiger partial charge in [-0.3, -0.25) is 4.79 Å². The van der Waals surface area contributed by atoms with E-state index in [0.717, 1.165) is 0 Å². The van der Waals surface area contributed by atoms with Crippen LogP contribution in [0, 0.1) is 13.8 Å². The normalized spacial score (nSPS) is 11.2. The maximum absolute atomic E-state index is 13.6. The number of fused-ring (bicyclic) bond motifs is 1. The number of rotatable bonds is 4. The lowest BCUT2D eigenvalue weighted by Crippen LogP contribution is -2.23. The highest BCUT2D eigenvalue weighted by Gasteiger charge is 2.43. The highest BCUT2D eigenvalue weighted by molar-refractivity contribution is 6.16. The van der Waals surface area contributed by atoms with Crippen LogP contribution >= 0.6 is 0 Å². The number of nitrogens with zero attached hydrogens (tertiary/aromatic N) is 2. The van der Waals surface area contributed by atoms with E-state index >= 15 is 0 Å². The second-order valence-corrected chi connectivity index (χ2v) is 6.80. The number of para-hydroxylation sites is 1. The predicted molar refractivity (Wildman–Crippen MR) is 117 cm³/mol. The molecule has 5 nitrogen and oxygen atoms in total. The van der Waals surface area contributed by atoms with E-state index in [2.05, 4.69) is 5.16 Å². The van der Waals surface area contributed by atoms with Crippen molar-refractivity contribution in [1.29, 1.82) is 0 Å². The lowest BCUT2D eigenvalue weighted by atomic mass is 10.00. The Morgan fingerprint density at radius 2 is 1.66 bits per heavy atom. The summed E-state index contributed by atoms with van der Waals surface area (Å²) >= 11 is 0. The molecule has 0 amide bonds. The van der Waals surface area contributed by atoms with Crippen LogP contribution in [0.15, 0.2) is 53.1 Å². The van der Waals surface area contributed by atoms with Gasteiger partial charge in [-0.25, -0.2) is 0 Å². The van der Waals surface area contributed by atoms with E-state index in [1.165, 1.54) is 13.2 Å². The number of carbonyl (C=O) groups excluding carboxylic acids is 1. The van der Waals surface area contributed by atoms with Gasteiger partial charge in [0.25, 0.3) is 5.78 Å². The van der Waals surface area contributed by atoms with E-state index in [-0.39, 0.29) is 11.1 Å². The van der Waals surface area contributed by atoms with Gasteiger partial charge in [0.2, 0.25) is 0 Å². The van der Waals surface area contributed by atoms with Crippen molar-refractivity contribution < 1.29 is 27.2 Å². The smallest absolute Gasteiger partial charge is 0.454 e. The number of aromatic nitrogens is 2. The van der Waals surface area contributed by atoms with Crippen molar-refractivity contribution in [2.24, 2.45) is 0 Å². The van der Waals surface area contributed by atoms with Gasteiger partial charge in [-0.15, -0.1) is 0 Å². The maximum atomic E-state index is 13.6. The average molecular weight is 444 g/mol. The van der Waals surface area contributed by atoms with E-state index in [0.29, 0.717) is 34.0 Å². The standard InChI is InChI=1S/C22H17F3N2O3.C2H6/c1-12-18(13(2)30-26-12)20-19(21(28)22(23,24)25)16-6-4-5-7-17(16)27(20)14-8-10-15(29-3)11-9-14;1-2/h4-11H,1-3H3;1-2H3. The van der Waals surface area contributed by atoms with Crippen molar-refractivity contribution in [1.82, 2.24) is 9.72 Å². The number of benzene rings is 2. The van der Waals surface area contributed by atoms with Gasteiger partial charge in [-0.05, 0) is 44.2 Å². The Hall–Kier alpha value is -3.55. The minimum Gasteiger partial charge on any atom is -0.497 e. The Kier molecular flexibility index (Phi) is 6.43. The molecule has 32 heavy (non-hydrogen) atoms. The number of carbonyl (C=O) groups is 1. The summed E-state index contributed by atoms with van der Waals surface area (Å²) in [6, 6.07) is 13.3. The van der Waals surface area contributed by atoms with Crippen LogP contribution in [0.4, 0.5) is 13.2 Å². The summed E-state index contributed by atoms with van der Waals surface area (Å²) in [5.41, 5.74) is 1.45. The van der Waals surface area contributed by atoms with E-state index in [1.807, 2.05) is 13.8 Å². The van der Waals surface area contributed by atoms with Crippen LogP contribution in [0.2, 0.25) is 0 Å². The first-order valence-electron chi connectivity index (χ1n) is 10.1. The zero-order chi connectivity index (χ0) is 23.6. The van der Waals surface area contributed by atoms with Gasteiger partial charge < -0.3 is 13.8 Å². The third-order valence-electron chi connectivity index (χ3n) is 4.96. The molecule has 0 bridgehead atoms. The maximum Gasteiger partial charge on any atom is 0.454 e. The molecule has 0 saturated heterocycles. The lowest BCUT2D eigenvalue weighted by Gasteiger charge is -2.13. The zero-order valence-corrected chi connectivity index (χ0v) is 18.4. The van der Waals surface area contributed by atoms with Crippen molar-refractivity contribution in [3.05, 3.63) is 65.5 Å². The molecule has 4 aromatic rings. The fourth-order valence-corrected chi connectivity index (χ4v) is 3.67. The lowest BCUT2D eigenvalue weighted by molar-refractivity contribution is -0.0883. The molecule has 2 heterocycles. The SMILES string of the molecule is CC.COc1ccc(-n2c(-c3c(C)noc3C)c(C(=O)C(F)(F)F)c3ccccc32)cc1. The molecule has 0 atom stereocenters. The Morgan fingerprint density at radius 3 is 2.19 bits per heavy atom. The molecule has 0 aliphatic rings. The summed E-state index contributed by atoms with van der Waals surface area (Å²) < 4.78 is 52.8. The molecular formula is C24H23F3N2O3. The minimum absolute atomic E-state index is 0.0972. The second-order valence-electron chi connectivity index (χ2n) is 6.80. The van der Waals surface area contributed by atoms with Gasteiger partial charge in [0.05, 0.1) is 35.1 Å². The molecular weight excluding hydrogens is 421 g/mol. The molecule has 0 aliphatic heterocycles. The summed E-state index contributed by atoms with van der Waals surface area (Å²) in [6.45, 7) is 7.23. The summed E-state index contributed by atoms with van der Waals surface area (Å²) in [5.74, 6) is -0.997. The number of alkyl halides is 3. The molecule has 0 aliphatic carbocycles. The largest absolute Gasteiger partial charge is 0.497 e. The highest BCUT2D eigenvalue weighted by atomic mass is 19.4. The summed E-state index contributed by atoms with van der Waals surface area (Å²) in [6.07, 6.45) is -5.04. The topological polar surface area (TPSA) is 57.3 Å². The zero-order valence-electron chi connectivity index (χ0n) is 18.4. The third kappa shape index (κ3) is 3.88. The highest BCUT2D eigenvalue weighted by Crippen LogP contribution is 2.41. The predicted octanol–water partition coefficient (Wildman–Crippen LogP) is 6.68. The average Bonchev–Trinajstić information content (AvgIpc) is 3.30. The van der Waals surface area contributed by atoms with Gasteiger partial charge in [0.15, 0.2) is 0 Å². The number of hydrogen-bond acceptors (Lipinski definition) is 4. The first kappa shape index (κ1) is 23.1. The minimum atomic E-state index is -5.04. The Balaban J connectivity index is 0.00000141. The van der Waals surface area contributed by atoms with Crippen LogP contribution < -0.4 is 4.74 Å². The second kappa shape index (κ2) is 8.90. The first-order chi connectivity index (χ1) is 15.2. The van der Waals surface area contributed by atoms with Gasteiger partial charge in [-0.2, -0.15) is 13.2 Å². The van der Waals surface area contributed by atoms with E-state index in [9.17, 15) is 18.0 Å². The van der Waals surface area contributed by atoms with Crippen molar-refractivity contribution >= 4 is 16.7 Å². The Labute approximate surface area is 183 Å². The van der Waals surface area contributed by atoms with Crippen LogP contribution in [-0.2, 0) is 0 Å². The molecule has 0 unspecified atom stereocenters. The third-order valence-corrected chi connectivity index (χ3v) is 4.96. The van der Waals surface area contributed by atoms with Gasteiger partial charge in [0.1, 0.15) is 11.5 Å². The summed E-state index contributed by atoms with van der Waals surface area (Å²) in [7, 11) is 1.52. The quantitative estimate of drug-likeness (QED) is 0.329. The molecule has 4 rings (SSSR count). The van der Waals surface area contributed by atoms with Gasteiger partial charge >= 0.3 is 6.18 Å². The van der Waals surface area contributed by atoms with E-state index in [4.69, 9.17) is 9.26 Å². The molecule has 0 saturated carbocycles. The number of methoxy groups -OCH3 is 1. The number of aryl methyl sites for hydroxylation is 2. The molecule has 0 N–H and O–H groups in total. The number of halogens is 3. The summed E-state index contributed by atoms with van der Waals surface area (Å²) in [4.78, 5) is 12.6. The fraction of sp³-hybridized carbons (Fsp3) is 0.250. The van der Waals surface area contributed by atoms with Crippen LogP contribution in [-0.4, -0.2) is 28.8 Å². The van der Waals surface area contributed by atoms with Crippen LogP contribution in [0.5, 0.6) is 5.75 Å². The molecule has 2 aromatic carbocycles. The van der Waals surface area contributed by atoms with E-state index in [1.54, 1.807) is 60.9 Å². The first-order valence-corrected chi connectivity index (χ1v) is 10.1. The Bertz CT molecular complexity index is 1230. The number of ketones is 1. The van der Waals surface area contributed by atoms with E-state index < -0.39 is 17.5 Å². The van der Waals surface area contributed by atoms with Gasteiger partial charge in [0, 0.05) is 11.1 Å². The van der Waals surface area contributed by atoms with Crippen molar-refractivity contribution in [3.63, 3.8) is 0 Å². The van der Waals surface area contributed by atoms with Gasteiger partial charge in [-0.1, -0.05) is 37.2 Å². The molecule has 0 spiro atoms.